The van der Waals surface area contributed by atoms with Gasteiger partial charge in [0, 0.05) is 56.4 Å². The molecule has 21 heavy (non-hydrogen) atoms. The number of amides is 1. The first-order valence-corrected chi connectivity index (χ1v) is 8.10. The quantitative estimate of drug-likeness (QED) is 0.800. The average molecular weight is 308 g/mol. The number of rotatable bonds is 3. The molecule has 0 bridgehead atoms. The third kappa shape index (κ3) is 3.16. The van der Waals surface area contributed by atoms with Crippen molar-refractivity contribution in [2.24, 2.45) is 5.92 Å². The van der Waals surface area contributed by atoms with E-state index >= 15 is 0 Å². The van der Waals surface area contributed by atoms with Gasteiger partial charge in [-0.3, -0.25) is 4.79 Å². The van der Waals surface area contributed by atoms with Gasteiger partial charge in [0.25, 0.3) is 0 Å². The fraction of sp³-hybridized carbons (Fsp3) is 0.562. The highest BCUT2D eigenvalue weighted by atomic mass is 35.5. The summed E-state index contributed by atoms with van der Waals surface area (Å²) in [7, 11) is 2.16. The van der Waals surface area contributed by atoms with Crippen molar-refractivity contribution in [2.45, 2.75) is 6.42 Å². The number of piperazine rings is 1. The predicted octanol–water partition coefficient (Wildman–Crippen LogP) is 2.03. The van der Waals surface area contributed by atoms with Gasteiger partial charge in [-0.05, 0) is 37.2 Å². The Morgan fingerprint density at radius 1 is 1.10 bits per heavy atom. The molecule has 1 aromatic carbocycles. The molecule has 2 aliphatic heterocycles. The van der Waals surface area contributed by atoms with Crippen LogP contribution in [-0.4, -0.2) is 56.5 Å². The minimum atomic E-state index is 0.188. The second-order valence-electron chi connectivity index (χ2n) is 6.04. The van der Waals surface area contributed by atoms with Gasteiger partial charge in [0.2, 0.25) is 5.91 Å². The van der Waals surface area contributed by atoms with Crippen LogP contribution < -0.4 is 9.80 Å². The van der Waals surface area contributed by atoms with Gasteiger partial charge in [-0.15, -0.1) is 11.6 Å². The van der Waals surface area contributed by atoms with Crippen molar-refractivity contribution in [1.82, 2.24) is 4.90 Å². The molecule has 0 radical (unpaired) electrons. The Labute approximate surface area is 131 Å². The maximum absolute atomic E-state index is 12.0. The Bertz CT molecular complexity index is 497. The summed E-state index contributed by atoms with van der Waals surface area (Å²) in [5.74, 6) is 1.03. The topological polar surface area (TPSA) is 26.8 Å². The third-order valence-corrected chi connectivity index (χ3v) is 4.89. The van der Waals surface area contributed by atoms with Gasteiger partial charge in [0.15, 0.2) is 0 Å². The number of carbonyl (C=O) groups excluding carboxylic acids is 1. The van der Waals surface area contributed by atoms with E-state index in [2.05, 4.69) is 41.1 Å². The molecule has 114 valence electrons. The summed E-state index contributed by atoms with van der Waals surface area (Å²) in [6, 6.07) is 8.37. The summed E-state index contributed by atoms with van der Waals surface area (Å²) < 4.78 is 0. The number of benzene rings is 1. The highest BCUT2D eigenvalue weighted by Crippen LogP contribution is 2.28. The summed E-state index contributed by atoms with van der Waals surface area (Å²) in [6.07, 6.45) is 0.573. The molecular weight excluding hydrogens is 286 g/mol. The molecule has 1 atom stereocenters. The van der Waals surface area contributed by atoms with E-state index in [9.17, 15) is 4.79 Å². The Kier molecular flexibility index (Phi) is 4.36. The van der Waals surface area contributed by atoms with Crippen LogP contribution in [-0.2, 0) is 4.79 Å². The Balaban J connectivity index is 1.68. The standard InChI is InChI=1S/C16H22ClN3O/c1-18-6-8-19(9-7-18)14-2-4-15(5-3-14)20-12-13(11-17)10-16(20)21/h2-5,13H,6-12H2,1H3. The lowest BCUT2D eigenvalue weighted by Gasteiger charge is -2.34. The zero-order valence-corrected chi connectivity index (χ0v) is 13.2. The molecule has 3 rings (SSSR count). The lowest BCUT2D eigenvalue weighted by atomic mass is 10.1. The second kappa shape index (κ2) is 6.24. The van der Waals surface area contributed by atoms with Crippen molar-refractivity contribution in [2.75, 3.05) is 55.5 Å². The van der Waals surface area contributed by atoms with E-state index in [1.807, 2.05) is 4.90 Å². The Morgan fingerprint density at radius 3 is 2.29 bits per heavy atom. The maximum Gasteiger partial charge on any atom is 0.227 e. The van der Waals surface area contributed by atoms with Crippen molar-refractivity contribution in [1.29, 1.82) is 0 Å². The highest BCUT2D eigenvalue weighted by molar-refractivity contribution is 6.18. The van der Waals surface area contributed by atoms with Crippen LogP contribution in [0.5, 0.6) is 0 Å². The van der Waals surface area contributed by atoms with Crippen LogP contribution in [0.2, 0.25) is 0 Å². The molecule has 2 saturated heterocycles. The van der Waals surface area contributed by atoms with Crippen LogP contribution >= 0.6 is 11.6 Å². The van der Waals surface area contributed by atoms with Crippen LogP contribution in [0.1, 0.15) is 6.42 Å². The average Bonchev–Trinajstić information content (AvgIpc) is 2.89. The summed E-state index contributed by atoms with van der Waals surface area (Å²) in [6.45, 7) is 5.07. The molecule has 0 aliphatic carbocycles. The van der Waals surface area contributed by atoms with E-state index in [-0.39, 0.29) is 11.8 Å². The van der Waals surface area contributed by atoms with E-state index in [0.29, 0.717) is 12.3 Å². The Morgan fingerprint density at radius 2 is 1.71 bits per heavy atom. The lowest BCUT2D eigenvalue weighted by Crippen LogP contribution is -2.44. The largest absolute Gasteiger partial charge is 0.369 e. The minimum absolute atomic E-state index is 0.188. The predicted molar refractivity (Wildman–Crippen MR) is 87.3 cm³/mol. The molecule has 0 saturated carbocycles. The number of halogens is 1. The zero-order chi connectivity index (χ0) is 14.8. The first-order chi connectivity index (χ1) is 10.2. The van der Waals surface area contributed by atoms with Crippen LogP contribution in [0.3, 0.4) is 0 Å². The second-order valence-corrected chi connectivity index (χ2v) is 6.34. The van der Waals surface area contributed by atoms with Gasteiger partial charge in [-0.2, -0.15) is 0 Å². The summed E-state index contributed by atoms with van der Waals surface area (Å²) in [5.41, 5.74) is 2.23. The fourth-order valence-electron chi connectivity index (χ4n) is 3.04. The molecule has 0 spiro atoms. The lowest BCUT2D eigenvalue weighted by molar-refractivity contribution is -0.117. The van der Waals surface area contributed by atoms with Crippen molar-refractivity contribution < 1.29 is 4.79 Å². The monoisotopic (exact) mass is 307 g/mol. The molecule has 4 nitrogen and oxygen atoms in total. The smallest absolute Gasteiger partial charge is 0.227 e. The summed E-state index contributed by atoms with van der Waals surface area (Å²) >= 11 is 5.87. The van der Waals surface area contributed by atoms with Gasteiger partial charge < -0.3 is 14.7 Å². The van der Waals surface area contributed by atoms with Crippen molar-refractivity contribution in [3.8, 4) is 0 Å². The molecule has 0 aromatic heterocycles. The molecule has 0 N–H and O–H groups in total. The number of nitrogens with zero attached hydrogens (tertiary/aromatic N) is 3. The van der Waals surface area contributed by atoms with E-state index in [0.717, 1.165) is 38.4 Å². The fourth-order valence-corrected chi connectivity index (χ4v) is 3.25. The molecule has 5 heteroatoms. The molecule has 2 aliphatic rings. The number of anilines is 2. The van der Waals surface area contributed by atoms with Crippen LogP contribution in [0, 0.1) is 5.92 Å². The molecular formula is C16H22ClN3O. The van der Waals surface area contributed by atoms with Crippen molar-refractivity contribution in [3.05, 3.63) is 24.3 Å². The molecule has 1 unspecified atom stereocenters. The first kappa shape index (κ1) is 14.7. The van der Waals surface area contributed by atoms with Crippen LogP contribution in [0.25, 0.3) is 0 Å². The number of carbonyl (C=O) groups is 1. The van der Waals surface area contributed by atoms with E-state index in [4.69, 9.17) is 11.6 Å². The van der Waals surface area contributed by atoms with Gasteiger partial charge >= 0.3 is 0 Å². The number of likely N-dealkylation sites (N-methyl/N-ethyl adjacent to an activating group) is 1. The summed E-state index contributed by atoms with van der Waals surface area (Å²) in [4.78, 5) is 18.6. The van der Waals surface area contributed by atoms with Crippen LogP contribution in [0.15, 0.2) is 24.3 Å². The maximum atomic E-state index is 12.0. The van der Waals surface area contributed by atoms with E-state index < -0.39 is 0 Å². The van der Waals surface area contributed by atoms with Gasteiger partial charge in [-0.25, -0.2) is 0 Å². The first-order valence-electron chi connectivity index (χ1n) is 7.57. The summed E-state index contributed by atoms with van der Waals surface area (Å²) in [5, 5.41) is 0. The number of hydrogen-bond acceptors (Lipinski definition) is 3. The third-order valence-electron chi connectivity index (χ3n) is 4.45. The van der Waals surface area contributed by atoms with E-state index in [1.165, 1.54) is 5.69 Å². The zero-order valence-electron chi connectivity index (χ0n) is 12.5. The molecule has 1 aromatic rings. The number of alkyl halides is 1. The SMILES string of the molecule is CN1CCN(c2ccc(N3CC(CCl)CC3=O)cc2)CC1. The molecule has 2 heterocycles. The minimum Gasteiger partial charge on any atom is -0.369 e. The van der Waals surface area contributed by atoms with E-state index in [1.54, 1.807) is 0 Å². The van der Waals surface area contributed by atoms with Crippen molar-refractivity contribution in [3.63, 3.8) is 0 Å². The van der Waals surface area contributed by atoms with Gasteiger partial charge in [-0.1, -0.05) is 0 Å². The molecule has 2 fully saturated rings. The normalized spacial score (nSPS) is 23.9. The van der Waals surface area contributed by atoms with Crippen molar-refractivity contribution >= 4 is 28.9 Å². The highest BCUT2D eigenvalue weighted by Gasteiger charge is 2.29. The Hall–Kier alpha value is -1.26. The van der Waals surface area contributed by atoms with Gasteiger partial charge in [0.05, 0.1) is 0 Å². The van der Waals surface area contributed by atoms with Gasteiger partial charge in [0.1, 0.15) is 0 Å². The number of hydrogen-bond donors (Lipinski definition) is 0. The van der Waals surface area contributed by atoms with Crippen LogP contribution in [0.4, 0.5) is 11.4 Å². The molecule has 1 amide bonds.